The van der Waals surface area contributed by atoms with Gasteiger partial charge in [0.05, 0.1) is 17.6 Å². The van der Waals surface area contributed by atoms with Gasteiger partial charge in [-0.2, -0.15) is 5.10 Å². The number of carbonyl (C=O) groups excluding carboxylic acids is 1. The number of carboxylic acids is 1. The van der Waals surface area contributed by atoms with Crippen molar-refractivity contribution in [2.75, 3.05) is 5.32 Å². The highest BCUT2D eigenvalue weighted by molar-refractivity contribution is 6.02. The molecule has 1 aromatic rings. The lowest BCUT2D eigenvalue weighted by Gasteiger charge is -2.00. The summed E-state index contributed by atoms with van der Waals surface area (Å²) in [7, 11) is 1.75. The molecule has 0 spiro atoms. The highest BCUT2D eigenvalue weighted by atomic mass is 16.4. The molecule has 0 fully saturated rings. The van der Waals surface area contributed by atoms with Crippen LogP contribution in [0.1, 0.15) is 5.69 Å². The van der Waals surface area contributed by atoms with Gasteiger partial charge in [0.2, 0.25) is 5.91 Å². The first kappa shape index (κ1) is 11.0. The number of aryl methyl sites for hydroxylation is 1. The number of carboxylic acid groups (broad SMARTS) is 1. The van der Waals surface area contributed by atoms with Gasteiger partial charge in [-0.25, -0.2) is 4.79 Å². The summed E-state index contributed by atoms with van der Waals surface area (Å²) in [6.45, 7) is 1.80. The Morgan fingerprint density at radius 1 is 1.53 bits per heavy atom. The van der Waals surface area contributed by atoms with Crippen molar-refractivity contribution in [3.8, 4) is 0 Å². The van der Waals surface area contributed by atoms with Crippen LogP contribution in [0.5, 0.6) is 0 Å². The van der Waals surface area contributed by atoms with E-state index in [0.717, 1.165) is 17.8 Å². The van der Waals surface area contributed by atoms with Crippen LogP contribution in [-0.4, -0.2) is 26.8 Å². The van der Waals surface area contributed by atoms with Crippen LogP contribution in [-0.2, 0) is 16.6 Å². The van der Waals surface area contributed by atoms with E-state index in [1.54, 1.807) is 18.7 Å². The Morgan fingerprint density at radius 3 is 2.67 bits per heavy atom. The van der Waals surface area contributed by atoms with Crippen molar-refractivity contribution >= 4 is 17.6 Å². The topological polar surface area (TPSA) is 84.2 Å². The smallest absolute Gasteiger partial charge is 0.328 e. The number of nitrogens with one attached hydrogen (secondary N) is 1. The van der Waals surface area contributed by atoms with Crippen LogP contribution in [0.15, 0.2) is 18.3 Å². The van der Waals surface area contributed by atoms with E-state index in [1.807, 2.05) is 0 Å². The summed E-state index contributed by atoms with van der Waals surface area (Å²) in [5.74, 6) is -1.65. The molecule has 6 heteroatoms. The van der Waals surface area contributed by atoms with E-state index in [4.69, 9.17) is 5.11 Å². The molecule has 0 aromatic carbocycles. The van der Waals surface area contributed by atoms with Gasteiger partial charge in [0.1, 0.15) is 0 Å². The quantitative estimate of drug-likeness (QED) is 0.701. The lowest BCUT2D eigenvalue weighted by atomic mass is 10.4. The maximum atomic E-state index is 11.2. The Bertz CT molecular complexity index is 420. The molecule has 80 valence electrons. The molecule has 0 aliphatic rings. The molecular weight excluding hydrogens is 198 g/mol. The molecular formula is C9H11N3O3. The fourth-order valence-electron chi connectivity index (χ4n) is 0.943. The van der Waals surface area contributed by atoms with Gasteiger partial charge >= 0.3 is 5.97 Å². The fourth-order valence-corrected chi connectivity index (χ4v) is 0.943. The van der Waals surface area contributed by atoms with Crippen LogP contribution in [0.4, 0.5) is 5.69 Å². The molecule has 0 saturated heterocycles. The molecule has 1 heterocycles. The maximum absolute atomic E-state index is 11.2. The van der Waals surface area contributed by atoms with E-state index in [1.165, 1.54) is 6.20 Å². The molecule has 1 aromatic heterocycles. The average molecular weight is 209 g/mol. The third-order valence-electron chi connectivity index (χ3n) is 1.87. The van der Waals surface area contributed by atoms with Crippen molar-refractivity contribution in [1.29, 1.82) is 0 Å². The molecule has 2 N–H and O–H groups in total. The standard InChI is InChI=1S/C9H11N3O3/c1-6-7(5-10-12(6)2)11-8(13)3-4-9(14)15/h3-5H,1-2H3,(H,11,13)(H,14,15)/b4-3-. The second kappa shape index (κ2) is 4.41. The molecule has 15 heavy (non-hydrogen) atoms. The Hall–Kier alpha value is -2.11. The lowest BCUT2D eigenvalue weighted by Crippen LogP contribution is -2.09. The summed E-state index contributed by atoms with van der Waals surface area (Å²) in [6.07, 6.45) is 3.23. The van der Waals surface area contributed by atoms with Crippen LogP contribution >= 0.6 is 0 Å². The summed E-state index contributed by atoms with van der Waals surface area (Å²) >= 11 is 0. The first-order chi connectivity index (χ1) is 7.00. The molecule has 0 aliphatic carbocycles. The van der Waals surface area contributed by atoms with Crippen LogP contribution in [0.25, 0.3) is 0 Å². The number of rotatable bonds is 3. The molecule has 0 bridgehead atoms. The van der Waals surface area contributed by atoms with E-state index in [-0.39, 0.29) is 0 Å². The molecule has 0 atom stereocenters. The van der Waals surface area contributed by atoms with E-state index < -0.39 is 11.9 Å². The molecule has 0 saturated carbocycles. The van der Waals surface area contributed by atoms with Gasteiger partial charge in [0.15, 0.2) is 0 Å². The van der Waals surface area contributed by atoms with Crippen molar-refractivity contribution in [3.05, 3.63) is 24.0 Å². The zero-order chi connectivity index (χ0) is 11.4. The monoisotopic (exact) mass is 209 g/mol. The highest BCUT2D eigenvalue weighted by Crippen LogP contribution is 2.11. The van der Waals surface area contributed by atoms with Crippen LogP contribution < -0.4 is 5.32 Å². The van der Waals surface area contributed by atoms with E-state index in [9.17, 15) is 9.59 Å². The SMILES string of the molecule is Cc1c(NC(=O)/C=C\C(=O)O)cnn1C. The Kier molecular flexibility index (Phi) is 3.22. The largest absolute Gasteiger partial charge is 0.478 e. The Morgan fingerprint density at radius 2 is 2.20 bits per heavy atom. The second-order valence-electron chi connectivity index (χ2n) is 2.93. The minimum absolute atomic E-state index is 0.492. The van der Waals surface area contributed by atoms with E-state index in [2.05, 4.69) is 10.4 Å². The number of aliphatic carboxylic acids is 1. The van der Waals surface area contributed by atoms with Crippen molar-refractivity contribution in [1.82, 2.24) is 9.78 Å². The predicted octanol–water partition coefficient (Wildman–Crippen LogP) is 0.308. The van der Waals surface area contributed by atoms with Crippen LogP contribution in [0, 0.1) is 6.92 Å². The van der Waals surface area contributed by atoms with Gasteiger partial charge in [0.25, 0.3) is 0 Å². The average Bonchev–Trinajstić information content (AvgIpc) is 2.47. The molecule has 0 radical (unpaired) electrons. The summed E-state index contributed by atoms with van der Waals surface area (Å²) in [5, 5.41) is 14.7. The first-order valence-electron chi connectivity index (χ1n) is 4.21. The number of aromatic nitrogens is 2. The number of nitrogens with zero attached hydrogens (tertiary/aromatic N) is 2. The highest BCUT2D eigenvalue weighted by Gasteiger charge is 2.05. The number of hydrogen-bond acceptors (Lipinski definition) is 3. The molecule has 0 unspecified atom stereocenters. The summed E-state index contributed by atoms with van der Waals surface area (Å²) in [6, 6.07) is 0. The molecule has 1 amide bonds. The second-order valence-corrected chi connectivity index (χ2v) is 2.93. The number of hydrogen-bond donors (Lipinski definition) is 2. The van der Waals surface area contributed by atoms with Crippen molar-refractivity contribution < 1.29 is 14.7 Å². The van der Waals surface area contributed by atoms with Gasteiger partial charge < -0.3 is 10.4 Å². The number of anilines is 1. The maximum Gasteiger partial charge on any atom is 0.328 e. The van der Waals surface area contributed by atoms with Gasteiger partial charge in [-0.3, -0.25) is 9.48 Å². The zero-order valence-electron chi connectivity index (χ0n) is 8.39. The van der Waals surface area contributed by atoms with Crippen molar-refractivity contribution in [3.63, 3.8) is 0 Å². The van der Waals surface area contributed by atoms with Gasteiger partial charge in [-0.05, 0) is 6.92 Å². The minimum Gasteiger partial charge on any atom is -0.478 e. The number of amides is 1. The van der Waals surface area contributed by atoms with Gasteiger partial charge in [-0.1, -0.05) is 0 Å². The summed E-state index contributed by atoms with van der Waals surface area (Å²) in [4.78, 5) is 21.3. The van der Waals surface area contributed by atoms with Crippen LogP contribution in [0.3, 0.4) is 0 Å². The van der Waals surface area contributed by atoms with E-state index in [0.29, 0.717) is 5.69 Å². The fraction of sp³-hybridized carbons (Fsp3) is 0.222. The summed E-state index contributed by atoms with van der Waals surface area (Å²) < 4.78 is 1.61. The molecule has 0 aliphatic heterocycles. The molecule has 6 nitrogen and oxygen atoms in total. The van der Waals surface area contributed by atoms with Crippen molar-refractivity contribution in [2.45, 2.75) is 6.92 Å². The van der Waals surface area contributed by atoms with E-state index >= 15 is 0 Å². The van der Waals surface area contributed by atoms with Gasteiger partial charge in [0, 0.05) is 19.2 Å². The normalized spacial score (nSPS) is 10.5. The Labute approximate surface area is 86.2 Å². The Balaban J connectivity index is 2.67. The third kappa shape index (κ3) is 2.94. The molecule has 1 rings (SSSR count). The number of carbonyl (C=O) groups is 2. The van der Waals surface area contributed by atoms with Crippen molar-refractivity contribution in [2.24, 2.45) is 7.05 Å². The first-order valence-corrected chi connectivity index (χ1v) is 4.21. The minimum atomic E-state index is -1.16. The van der Waals surface area contributed by atoms with Crippen LogP contribution in [0.2, 0.25) is 0 Å². The summed E-state index contributed by atoms with van der Waals surface area (Å²) in [5.41, 5.74) is 1.37. The van der Waals surface area contributed by atoms with Gasteiger partial charge in [-0.15, -0.1) is 0 Å². The predicted molar refractivity (Wildman–Crippen MR) is 53.4 cm³/mol. The third-order valence-corrected chi connectivity index (χ3v) is 1.87. The lowest BCUT2D eigenvalue weighted by molar-refractivity contribution is -0.131. The zero-order valence-corrected chi connectivity index (χ0v) is 8.39.